The standard InChI is InChI=1S/C20H20BrN3O6/c1-13-4-2-3-5-16(13)29-11-19(26)22-10-18(25)24-23-9-14-6-7-17(15(21)8-14)30-12-20(27)28/h2-9H,10-12H2,1H3,(H,22,26)(H,24,25)(H,27,28)/b23-9+. The first-order valence-corrected chi connectivity index (χ1v) is 9.55. The molecule has 0 aliphatic heterocycles. The lowest BCUT2D eigenvalue weighted by molar-refractivity contribution is -0.139. The predicted molar refractivity (Wildman–Crippen MR) is 113 cm³/mol. The maximum absolute atomic E-state index is 11.8. The molecule has 0 aliphatic rings. The van der Waals surface area contributed by atoms with Crippen LogP contribution in [0.4, 0.5) is 0 Å². The van der Waals surface area contributed by atoms with Crippen LogP contribution < -0.4 is 20.2 Å². The zero-order valence-corrected chi connectivity index (χ0v) is 17.6. The summed E-state index contributed by atoms with van der Waals surface area (Å²) >= 11 is 3.27. The van der Waals surface area contributed by atoms with Crippen molar-refractivity contribution in [1.29, 1.82) is 0 Å². The van der Waals surface area contributed by atoms with Crippen LogP contribution in [0.1, 0.15) is 11.1 Å². The zero-order chi connectivity index (χ0) is 21.9. The molecule has 0 saturated carbocycles. The van der Waals surface area contributed by atoms with Crippen LogP contribution in [-0.4, -0.2) is 48.9 Å². The third-order valence-electron chi connectivity index (χ3n) is 3.61. The second kappa shape index (κ2) is 11.6. The summed E-state index contributed by atoms with van der Waals surface area (Å²) in [6.07, 6.45) is 1.40. The summed E-state index contributed by atoms with van der Waals surface area (Å²) in [7, 11) is 0. The van der Waals surface area contributed by atoms with Crippen LogP contribution in [0.15, 0.2) is 52.0 Å². The van der Waals surface area contributed by atoms with E-state index < -0.39 is 24.4 Å². The normalized spacial score (nSPS) is 10.5. The molecular weight excluding hydrogens is 458 g/mol. The Morgan fingerprint density at radius 3 is 2.50 bits per heavy atom. The van der Waals surface area contributed by atoms with Gasteiger partial charge in [0.1, 0.15) is 11.5 Å². The third-order valence-corrected chi connectivity index (χ3v) is 4.23. The third kappa shape index (κ3) is 7.92. The molecule has 2 aromatic carbocycles. The SMILES string of the molecule is Cc1ccccc1OCC(=O)NCC(=O)N/N=C/c1ccc(OCC(=O)O)c(Br)c1. The van der Waals surface area contributed by atoms with Crippen molar-refractivity contribution in [3.05, 3.63) is 58.1 Å². The zero-order valence-electron chi connectivity index (χ0n) is 16.1. The molecule has 30 heavy (non-hydrogen) atoms. The van der Waals surface area contributed by atoms with Crippen molar-refractivity contribution >= 4 is 39.9 Å². The smallest absolute Gasteiger partial charge is 0.341 e. The summed E-state index contributed by atoms with van der Waals surface area (Å²) in [4.78, 5) is 34.1. The van der Waals surface area contributed by atoms with Gasteiger partial charge >= 0.3 is 5.97 Å². The van der Waals surface area contributed by atoms with E-state index in [1.54, 1.807) is 30.3 Å². The summed E-state index contributed by atoms with van der Waals surface area (Å²) in [5.74, 6) is -1.04. The van der Waals surface area contributed by atoms with E-state index in [2.05, 4.69) is 31.8 Å². The van der Waals surface area contributed by atoms with Gasteiger partial charge in [-0.3, -0.25) is 9.59 Å². The van der Waals surface area contributed by atoms with Gasteiger partial charge in [-0.1, -0.05) is 18.2 Å². The number of carboxylic acid groups (broad SMARTS) is 1. The molecule has 0 atom stereocenters. The first-order chi connectivity index (χ1) is 14.3. The number of aryl methyl sites for hydroxylation is 1. The molecular formula is C20H20BrN3O6. The number of amides is 2. The van der Waals surface area contributed by atoms with E-state index in [0.29, 0.717) is 21.5 Å². The maximum Gasteiger partial charge on any atom is 0.341 e. The number of ether oxygens (including phenoxy) is 2. The first-order valence-electron chi connectivity index (χ1n) is 8.76. The van der Waals surface area contributed by atoms with Gasteiger partial charge in [0.05, 0.1) is 17.2 Å². The summed E-state index contributed by atoms with van der Waals surface area (Å²) in [6.45, 7) is 0.961. The Morgan fingerprint density at radius 1 is 1.07 bits per heavy atom. The molecule has 2 rings (SSSR count). The quantitative estimate of drug-likeness (QED) is 0.354. The van der Waals surface area contributed by atoms with Crippen LogP contribution in [0.25, 0.3) is 0 Å². The molecule has 2 amide bonds. The minimum atomic E-state index is -1.08. The van der Waals surface area contributed by atoms with Crippen LogP contribution in [0.3, 0.4) is 0 Å². The number of hydrazone groups is 1. The van der Waals surface area contributed by atoms with Gasteiger partial charge in [-0.05, 0) is 58.2 Å². The average molecular weight is 478 g/mol. The van der Waals surface area contributed by atoms with Crippen LogP contribution in [0.2, 0.25) is 0 Å². The van der Waals surface area contributed by atoms with Crippen molar-refractivity contribution < 1.29 is 29.0 Å². The summed E-state index contributed by atoms with van der Waals surface area (Å²) in [5.41, 5.74) is 3.84. The predicted octanol–water partition coefficient (Wildman–Crippen LogP) is 1.87. The highest BCUT2D eigenvalue weighted by Gasteiger charge is 2.07. The second-order valence-corrected chi connectivity index (χ2v) is 6.85. The number of benzene rings is 2. The fraction of sp³-hybridized carbons (Fsp3) is 0.200. The minimum absolute atomic E-state index is 0.203. The fourth-order valence-corrected chi connectivity index (χ4v) is 2.67. The number of carbonyl (C=O) groups excluding carboxylic acids is 2. The van der Waals surface area contributed by atoms with Gasteiger partial charge in [-0.15, -0.1) is 0 Å². The van der Waals surface area contributed by atoms with Gasteiger partial charge in [0.15, 0.2) is 13.2 Å². The number of nitrogens with one attached hydrogen (secondary N) is 2. The lowest BCUT2D eigenvalue weighted by Crippen LogP contribution is -2.37. The van der Waals surface area contributed by atoms with E-state index in [0.717, 1.165) is 5.56 Å². The Kier molecular flexibility index (Phi) is 8.82. The number of para-hydroxylation sites is 1. The lowest BCUT2D eigenvalue weighted by Gasteiger charge is -2.09. The maximum atomic E-state index is 11.8. The van der Waals surface area contributed by atoms with Crippen molar-refractivity contribution in [2.45, 2.75) is 6.92 Å². The van der Waals surface area contributed by atoms with Gasteiger partial charge in [0.25, 0.3) is 11.8 Å². The monoisotopic (exact) mass is 477 g/mol. The topological polar surface area (TPSA) is 126 Å². The number of carboxylic acids is 1. The van der Waals surface area contributed by atoms with Crippen molar-refractivity contribution in [2.24, 2.45) is 5.10 Å². The second-order valence-electron chi connectivity index (χ2n) is 6.00. The van der Waals surface area contributed by atoms with E-state index in [1.165, 1.54) is 6.21 Å². The van der Waals surface area contributed by atoms with Crippen LogP contribution >= 0.6 is 15.9 Å². The number of hydrogen-bond donors (Lipinski definition) is 3. The van der Waals surface area contributed by atoms with Crippen molar-refractivity contribution in [2.75, 3.05) is 19.8 Å². The number of halogens is 1. The summed E-state index contributed by atoms with van der Waals surface area (Å²) in [6, 6.07) is 12.2. The van der Waals surface area contributed by atoms with E-state index in [9.17, 15) is 14.4 Å². The molecule has 0 heterocycles. The van der Waals surface area contributed by atoms with Crippen molar-refractivity contribution in [3.8, 4) is 11.5 Å². The molecule has 0 aromatic heterocycles. The molecule has 3 N–H and O–H groups in total. The van der Waals surface area contributed by atoms with Crippen molar-refractivity contribution in [3.63, 3.8) is 0 Å². The highest BCUT2D eigenvalue weighted by Crippen LogP contribution is 2.25. The van der Waals surface area contributed by atoms with Gasteiger partial charge in [-0.25, -0.2) is 10.2 Å². The van der Waals surface area contributed by atoms with E-state index >= 15 is 0 Å². The van der Waals surface area contributed by atoms with Gasteiger partial charge in [-0.2, -0.15) is 5.10 Å². The van der Waals surface area contributed by atoms with Gasteiger partial charge in [0.2, 0.25) is 0 Å². The summed E-state index contributed by atoms with van der Waals surface area (Å²) in [5, 5.41) is 14.9. The molecule has 0 radical (unpaired) electrons. The first kappa shape index (κ1) is 22.9. The number of hydrogen-bond acceptors (Lipinski definition) is 6. The molecule has 0 bridgehead atoms. The Morgan fingerprint density at radius 2 is 1.80 bits per heavy atom. The molecule has 0 unspecified atom stereocenters. The molecule has 9 nitrogen and oxygen atoms in total. The Bertz CT molecular complexity index is 948. The number of rotatable bonds is 10. The Hall–Kier alpha value is -3.40. The van der Waals surface area contributed by atoms with Crippen LogP contribution in [0, 0.1) is 6.92 Å². The molecule has 0 fully saturated rings. The molecule has 0 spiro atoms. The largest absolute Gasteiger partial charge is 0.484 e. The fourth-order valence-electron chi connectivity index (χ4n) is 2.16. The minimum Gasteiger partial charge on any atom is -0.484 e. The lowest BCUT2D eigenvalue weighted by atomic mass is 10.2. The van der Waals surface area contributed by atoms with E-state index in [-0.39, 0.29) is 13.2 Å². The average Bonchev–Trinajstić information content (AvgIpc) is 2.71. The van der Waals surface area contributed by atoms with Gasteiger partial charge < -0.3 is 19.9 Å². The van der Waals surface area contributed by atoms with E-state index in [4.69, 9.17) is 14.6 Å². The van der Waals surface area contributed by atoms with Gasteiger partial charge in [0, 0.05) is 0 Å². The molecule has 158 valence electrons. The number of nitrogens with zero attached hydrogens (tertiary/aromatic N) is 1. The molecule has 0 saturated heterocycles. The highest BCUT2D eigenvalue weighted by molar-refractivity contribution is 9.10. The van der Waals surface area contributed by atoms with Crippen molar-refractivity contribution in [1.82, 2.24) is 10.7 Å². The number of carbonyl (C=O) groups is 3. The Balaban J connectivity index is 1.72. The van der Waals surface area contributed by atoms with E-state index in [1.807, 2.05) is 19.1 Å². The summed E-state index contributed by atoms with van der Waals surface area (Å²) < 4.78 is 11.0. The molecule has 2 aromatic rings. The highest BCUT2D eigenvalue weighted by atomic mass is 79.9. The molecule has 0 aliphatic carbocycles. The Labute approximate surface area is 181 Å². The van der Waals surface area contributed by atoms with Crippen LogP contribution in [-0.2, 0) is 14.4 Å². The number of aliphatic carboxylic acids is 1. The molecule has 10 heteroatoms. The van der Waals surface area contributed by atoms with Crippen LogP contribution in [0.5, 0.6) is 11.5 Å².